The second kappa shape index (κ2) is 9.89. The van der Waals surface area contributed by atoms with E-state index in [0.29, 0.717) is 0 Å². The largest absolute Gasteiger partial charge is 0.573 e. The summed E-state index contributed by atoms with van der Waals surface area (Å²) in [5, 5.41) is 7.12. The fraction of sp³-hybridized carbons (Fsp3) is 0.160. The van der Waals surface area contributed by atoms with Gasteiger partial charge in [0.25, 0.3) is 0 Å². The number of hydrogen-bond donors (Lipinski definition) is 0. The molecule has 3 heterocycles. The molecule has 0 unspecified atom stereocenters. The summed E-state index contributed by atoms with van der Waals surface area (Å²) in [5.74, 6) is -1.63. The van der Waals surface area contributed by atoms with Crippen molar-refractivity contribution in [2.24, 2.45) is 0 Å². The van der Waals surface area contributed by atoms with Crippen LogP contribution in [0.15, 0.2) is 77.5 Å². The summed E-state index contributed by atoms with van der Waals surface area (Å²) in [5.41, 5.74) is -0.765. The zero-order chi connectivity index (χ0) is 28.7. The molecule has 0 amide bonds. The smallest absolute Gasteiger partial charge is 0.444 e. The summed E-state index contributed by atoms with van der Waals surface area (Å²) in [7, 11) is 0. The van der Waals surface area contributed by atoms with Crippen molar-refractivity contribution in [3.05, 3.63) is 90.2 Å². The summed E-state index contributed by atoms with van der Waals surface area (Å²) < 4.78 is 122. The highest BCUT2D eigenvalue weighted by atomic mass is 19.4. The molecule has 0 saturated heterocycles. The fourth-order valence-electron chi connectivity index (χ4n) is 3.70. The highest BCUT2D eigenvalue weighted by Gasteiger charge is 2.39. The van der Waals surface area contributed by atoms with Gasteiger partial charge in [-0.1, -0.05) is 18.2 Å². The molecule has 0 spiro atoms. The predicted molar refractivity (Wildman–Crippen MR) is 121 cm³/mol. The van der Waals surface area contributed by atoms with Crippen LogP contribution in [0.4, 0.5) is 35.1 Å². The van der Waals surface area contributed by atoms with Crippen LogP contribution in [-0.4, -0.2) is 25.9 Å². The van der Waals surface area contributed by atoms with E-state index >= 15 is 8.78 Å². The van der Waals surface area contributed by atoms with Gasteiger partial charge in [-0.15, -0.1) is 23.4 Å². The quantitative estimate of drug-likeness (QED) is 0.192. The first-order chi connectivity index (χ1) is 18.8. The number of ether oxygens (including phenoxy) is 2. The minimum Gasteiger partial charge on any atom is -0.444 e. The Morgan fingerprint density at radius 2 is 1.50 bits per heavy atom. The molecule has 0 radical (unpaired) electrons. The topological polar surface area (TPSA) is 74.7 Å². The molecule has 2 aromatic carbocycles. The predicted octanol–water partition coefficient (Wildman–Crippen LogP) is 7.23. The molecule has 5 aromatic rings. The van der Waals surface area contributed by atoms with Crippen LogP contribution in [-0.2, 0) is 23.6 Å². The number of benzene rings is 2. The molecule has 0 atom stereocenters. The van der Waals surface area contributed by atoms with Crippen molar-refractivity contribution < 1.29 is 49.0 Å². The summed E-state index contributed by atoms with van der Waals surface area (Å²) >= 11 is 0. The number of hydrogen-bond acceptors (Lipinski definition) is 6. The maximum absolute atomic E-state index is 15.0. The number of aromatic nitrogens is 4. The van der Waals surface area contributed by atoms with Gasteiger partial charge in [-0.2, -0.15) is 22.0 Å². The lowest BCUT2D eigenvalue weighted by atomic mass is 10.1. The first-order valence-corrected chi connectivity index (χ1v) is 11.1. The molecule has 0 N–H and O–H groups in total. The average molecular weight is 570 g/mol. The first kappa shape index (κ1) is 27.1. The Hall–Kier alpha value is -4.53. The average Bonchev–Trinajstić information content (AvgIpc) is 3.54. The lowest BCUT2D eigenvalue weighted by Gasteiger charge is -2.15. The molecule has 0 aliphatic heterocycles. The van der Waals surface area contributed by atoms with Gasteiger partial charge >= 0.3 is 18.6 Å². The van der Waals surface area contributed by atoms with Gasteiger partial charge in [0.15, 0.2) is 5.65 Å². The van der Waals surface area contributed by atoms with Gasteiger partial charge in [0.2, 0.25) is 11.7 Å². The van der Waals surface area contributed by atoms with Gasteiger partial charge in [-0.25, -0.2) is 4.98 Å². The number of fused-ring (bicyclic) bond motifs is 1. The molecular formula is C25H14F8N4O3. The molecule has 0 fully saturated rings. The van der Waals surface area contributed by atoms with E-state index in [0.717, 1.165) is 47.2 Å². The zero-order valence-corrected chi connectivity index (χ0v) is 19.7. The van der Waals surface area contributed by atoms with Crippen molar-refractivity contribution in [1.29, 1.82) is 0 Å². The molecule has 5 rings (SSSR count). The number of alkyl halides is 8. The Morgan fingerprint density at radius 3 is 2.20 bits per heavy atom. The molecule has 0 saturated carbocycles. The van der Waals surface area contributed by atoms with E-state index in [1.165, 1.54) is 30.3 Å². The van der Waals surface area contributed by atoms with Gasteiger partial charge in [-0.3, -0.25) is 4.40 Å². The number of para-hydroxylation sites is 1. The van der Waals surface area contributed by atoms with Crippen LogP contribution in [0.25, 0.3) is 28.2 Å². The maximum Gasteiger partial charge on any atom is 0.573 e. The number of oxazole rings is 1. The Balaban J connectivity index is 1.36. The van der Waals surface area contributed by atoms with Crippen molar-refractivity contribution in [3.8, 4) is 28.3 Å². The Bertz CT molecular complexity index is 1640. The third kappa shape index (κ3) is 5.73. The van der Waals surface area contributed by atoms with Crippen LogP contribution < -0.4 is 4.74 Å². The van der Waals surface area contributed by atoms with Crippen LogP contribution in [0.2, 0.25) is 0 Å². The van der Waals surface area contributed by atoms with Crippen molar-refractivity contribution >= 4 is 5.65 Å². The zero-order valence-electron chi connectivity index (χ0n) is 19.7. The minimum absolute atomic E-state index is 0.0241. The Labute approximate surface area is 218 Å². The van der Waals surface area contributed by atoms with E-state index < -0.39 is 42.4 Å². The monoisotopic (exact) mass is 570 g/mol. The Morgan fingerprint density at radius 1 is 0.800 bits per heavy atom. The molecule has 0 aliphatic rings. The minimum atomic E-state index is -4.98. The van der Waals surface area contributed by atoms with E-state index in [4.69, 9.17) is 9.15 Å². The standard InChI is InChI=1S/C25H14F8N4O3/c26-23(27,28)16-8-5-14(6-9-16)21-34-17(12-38-21)13-39-24(29,30)22-36-35-20-10-7-15(11-37(20)22)18-3-1-2-4-19(18)40-25(31,32)33/h1-12H,13H2. The van der Waals surface area contributed by atoms with Gasteiger partial charge < -0.3 is 13.9 Å². The molecule has 40 heavy (non-hydrogen) atoms. The summed E-state index contributed by atoms with van der Waals surface area (Å²) in [4.78, 5) is 3.96. The second-order valence-electron chi connectivity index (χ2n) is 8.24. The van der Waals surface area contributed by atoms with Gasteiger partial charge in [0, 0.05) is 22.9 Å². The Kier molecular flexibility index (Phi) is 6.69. The summed E-state index contributed by atoms with van der Waals surface area (Å²) in [6, 6.07) is 11.7. The van der Waals surface area contributed by atoms with Gasteiger partial charge in [-0.05, 0) is 42.5 Å². The van der Waals surface area contributed by atoms with Crippen LogP contribution in [0.5, 0.6) is 5.75 Å². The van der Waals surface area contributed by atoms with E-state index in [-0.39, 0.29) is 33.9 Å². The van der Waals surface area contributed by atoms with E-state index in [9.17, 15) is 26.3 Å². The number of pyridine rings is 1. The van der Waals surface area contributed by atoms with Crippen LogP contribution in [0.3, 0.4) is 0 Å². The second-order valence-corrected chi connectivity index (χ2v) is 8.24. The molecule has 0 aliphatic carbocycles. The van der Waals surface area contributed by atoms with Crippen LogP contribution in [0, 0.1) is 0 Å². The third-order valence-electron chi connectivity index (χ3n) is 5.50. The first-order valence-electron chi connectivity index (χ1n) is 11.1. The van der Waals surface area contributed by atoms with Crippen LogP contribution >= 0.6 is 0 Å². The van der Waals surface area contributed by atoms with Crippen molar-refractivity contribution in [2.45, 2.75) is 25.3 Å². The lowest BCUT2D eigenvalue weighted by Crippen LogP contribution is -2.22. The molecule has 3 aromatic heterocycles. The molecule has 0 bridgehead atoms. The van der Waals surface area contributed by atoms with E-state index in [1.807, 2.05) is 0 Å². The molecule has 7 nitrogen and oxygen atoms in total. The van der Waals surface area contributed by atoms with Crippen molar-refractivity contribution in [2.75, 3.05) is 0 Å². The van der Waals surface area contributed by atoms with E-state index in [2.05, 4.69) is 19.9 Å². The fourth-order valence-corrected chi connectivity index (χ4v) is 3.70. The number of rotatable bonds is 7. The highest BCUT2D eigenvalue weighted by Crippen LogP contribution is 2.36. The molecule has 15 heteroatoms. The van der Waals surface area contributed by atoms with Crippen LogP contribution in [0.1, 0.15) is 17.1 Å². The normalized spacial score (nSPS) is 12.7. The van der Waals surface area contributed by atoms with E-state index in [1.54, 1.807) is 0 Å². The maximum atomic E-state index is 15.0. The van der Waals surface area contributed by atoms with Crippen molar-refractivity contribution in [3.63, 3.8) is 0 Å². The third-order valence-corrected chi connectivity index (χ3v) is 5.50. The number of nitrogens with zero attached hydrogens (tertiary/aromatic N) is 4. The summed E-state index contributed by atoms with van der Waals surface area (Å²) in [6.07, 6.45) is -11.4. The van der Waals surface area contributed by atoms with Gasteiger partial charge in [0.05, 0.1) is 12.2 Å². The highest BCUT2D eigenvalue weighted by molar-refractivity contribution is 5.71. The molecule has 208 valence electrons. The number of halogens is 8. The molecular weight excluding hydrogens is 556 g/mol. The lowest BCUT2D eigenvalue weighted by molar-refractivity contribution is -0.274. The van der Waals surface area contributed by atoms with Crippen molar-refractivity contribution in [1.82, 2.24) is 19.6 Å². The van der Waals surface area contributed by atoms with Gasteiger partial charge in [0.1, 0.15) is 17.7 Å². The SMILES string of the molecule is FC(F)(F)Oc1ccccc1-c1ccc2nnc(C(F)(F)OCc3coc(-c4ccc(C(F)(F)F)cc4)n3)n2c1. The summed E-state index contributed by atoms with van der Waals surface area (Å²) in [6.45, 7) is -0.784.